The summed E-state index contributed by atoms with van der Waals surface area (Å²) in [4.78, 5) is 60.1. The van der Waals surface area contributed by atoms with Crippen molar-refractivity contribution in [2.24, 2.45) is 23.2 Å². The molecule has 0 radical (unpaired) electrons. The second-order valence-electron chi connectivity index (χ2n) is 18.2. The van der Waals surface area contributed by atoms with Crippen LogP contribution in [0.3, 0.4) is 0 Å². The van der Waals surface area contributed by atoms with Gasteiger partial charge >= 0.3 is 0 Å². The Labute approximate surface area is 358 Å². The van der Waals surface area contributed by atoms with Crippen molar-refractivity contribution in [3.05, 3.63) is 118 Å². The third-order valence-electron chi connectivity index (χ3n) is 14.2. The maximum Gasteiger partial charge on any atom is 0.257 e. The average Bonchev–Trinajstić information content (AvgIpc) is 3.27. The number of nitrogens with zero attached hydrogens (tertiary/aromatic N) is 3. The molecule has 4 aromatic carbocycles. The summed E-state index contributed by atoms with van der Waals surface area (Å²) in [6, 6.07) is 25.6. The molecule has 2 aliphatic heterocycles. The Kier molecular flexibility index (Phi) is 11.6. The minimum Gasteiger partial charge on any atom is -0.493 e. The normalized spacial score (nSPS) is 23.0. The summed E-state index contributed by atoms with van der Waals surface area (Å²) < 4.78 is 11.0. The Bertz CT molecular complexity index is 2250. The number of hydrogen-bond acceptors (Lipinski definition) is 7. The number of para-hydroxylation sites is 1. The van der Waals surface area contributed by atoms with Gasteiger partial charge < -0.3 is 29.9 Å². The number of piperazine rings is 1. The van der Waals surface area contributed by atoms with Gasteiger partial charge in [0.05, 0.1) is 25.5 Å². The number of carbonyl (C=O) groups excluding carboxylic acids is 4. The third-order valence-corrected chi connectivity index (χ3v) is 14.2. The van der Waals surface area contributed by atoms with E-state index in [1.54, 1.807) is 67.7 Å². The van der Waals surface area contributed by atoms with Gasteiger partial charge in [-0.05, 0) is 152 Å². The number of rotatable bonds is 12. The number of nitrogens with one attached hydrogen (secondary N) is 2. The van der Waals surface area contributed by atoms with Crippen LogP contribution in [-0.4, -0.2) is 91.8 Å². The molecule has 4 saturated carbocycles. The Hall–Kier alpha value is -5.68. The highest BCUT2D eigenvalue weighted by atomic mass is 16.5. The summed E-state index contributed by atoms with van der Waals surface area (Å²) in [7, 11) is 3.33. The van der Waals surface area contributed by atoms with Gasteiger partial charge in [-0.25, -0.2) is 0 Å². The summed E-state index contributed by atoms with van der Waals surface area (Å²) in [5, 5.41) is 5.87. The molecule has 61 heavy (non-hydrogen) atoms. The molecule has 2 heterocycles. The first kappa shape index (κ1) is 40.7. The highest BCUT2D eigenvalue weighted by molar-refractivity contribution is 6.12. The zero-order chi connectivity index (χ0) is 42.1. The number of ether oxygens (including phenoxy) is 2. The molecular weight excluding hydrogens is 767 g/mol. The van der Waals surface area contributed by atoms with E-state index < -0.39 is 0 Å². The lowest BCUT2D eigenvalue weighted by molar-refractivity contribution is -0.141. The van der Waals surface area contributed by atoms with Gasteiger partial charge in [0, 0.05) is 69.0 Å². The average molecular weight is 824 g/mol. The van der Waals surface area contributed by atoms with Crippen LogP contribution in [0.4, 0.5) is 11.4 Å². The molecule has 2 N–H and O–H groups in total. The van der Waals surface area contributed by atoms with E-state index in [1.807, 2.05) is 29.2 Å². The molecule has 4 aliphatic carbocycles. The summed E-state index contributed by atoms with van der Waals surface area (Å²) >= 11 is 0. The van der Waals surface area contributed by atoms with Crippen LogP contribution in [0.25, 0.3) is 0 Å². The standard InChI is InChI=1S/C50H57N5O6/c1-60-44-26-39-16-18-53(32-40(39)27-45(44)61-2)17-15-33-7-13-41(14-8-33)51-48(58)42-5-3-4-6-43(42)52-47(57)37-9-11-38(12-10-37)49(59)55-21-19-54(20-22-55)46(56)31-50-28-34-23-35(29-50)25-36(24-34)30-50/h3-14,26-27,34-36H,15-25,28-32H2,1-2H3,(H,51,58)(H,52,57). The maximum absolute atomic E-state index is 13.5. The molecule has 0 spiro atoms. The predicted molar refractivity (Wildman–Crippen MR) is 235 cm³/mol. The number of amides is 4. The van der Waals surface area contributed by atoms with Crippen molar-refractivity contribution < 1.29 is 28.7 Å². The lowest BCUT2D eigenvalue weighted by Gasteiger charge is -2.57. The molecule has 1 saturated heterocycles. The van der Waals surface area contributed by atoms with Crippen molar-refractivity contribution in [2.75, 3.05) is 64.1 Å². The molecule has 0 unspecified atom stereocenters. The zero-order valence-corrected chi connectivity index (χ0v) is 35.4. The Morgan fingerprint density at radius 3 is 1.93 bits per heavy atom. The van der Waals surface area contributed by atoms with E-state index in [1.165, 1.54) is 55.2 Å². The Morgan fingerprint density at radius 2 is 1.28 bits per heavy atom. The minimum atomic E-state index is -0.384. The maximum atomic E-state index is 13.5. The second kappa shape index (κ2) is 17.4. The monoisotopic (exact) mass is 823 g/mol. The first-order valence-corrected chi connectivity index (χ1v) is 22.1. The molecule has 4 bridgehead atoms. The summed E-state index contributed by atoms with van der Waals surface area (Å²) in [6.45, 7) is 4.84. The zero-order valence-electron chi connectivity index (χ0n) is 35.4. The molecular formula is C50H57N5O6. The van der Waals surface area contributed by atoms with Gasteiger partial charge in [0.15, 0.2) is 11.5 Å². The smallest absolute Gasteiger partial charge is 0.257 e. The first-order chi connectivity index (χ1) is 29.6. The molecule has 0 aromatic heterocycles. The van der Waals surface area contributed by atoms with Crippen molar-refractivity contribution in [3.8, 4) is 11.5 Å². The molecule has 318 valence electrons. The number of carbonyl (C=O) groups is 4. The highest BCUT2D eigenvalue weighted by Gasteiger charge is 2.52. The van der Waals surface area contributed by atoms with Crippen LogP contribution in [0, 0.1) is 23.2 Å². The van der Waals surface area contributed by atoms with E-state index in [2.05, 4.69) is 27.7 Å². The number of methoxy groups -OCH3 is 2. The largest absolute Gasteiger partial charge is 0.493 e. The van der Waals surface area contributed by atoms with Crippen molar-refractivity contribution in [2.45, 2.75) is 64.3 Å². The van der Waals surface area contributed by atoms with Gasteiger partial charge in [0.25, 0.3) is 17.7 Å². The van der Waals surface area contributed by atoms with E-state index in [9.17, 15) is 19.2 Å². The van der Waals surface area contributed by atoms with Crippen molar-refractivity contribution in [3.63, 3.8) is 0 Å². The van der Waals surface area contributed by atoms with Crippen LogP contribution in [0.15, 0.2) is 84.9 Å². The van der Waals surface area contributed by atoms with Crippen LogP contribution in [0.1, 0.15) is 92.7 Å². The fourth-order valence-corrected chi connectivity index (χ4v) is 11.4. The number of benzene rings is 4. The van der Waals surface area contributed by atoms with E-state index in [4.69, 9.17) is 9.47 Å². The fraction of sp³-hybridized carbons (Fsp3) is 0.440. The fourth-order valence-electron chi connectivity index (χ4n) is 11.4. The molecule has 0 atom stereocenters. The van der Waals surface area contributed by atoms with Crippen LogP contribution < -0.4 is 20.1 Å². The van der Waals surface area contributed by atoms with Crippen LogP contribution in [0.2, 0.25) is 0 Å². The van der Waals surface area contributed by atoms with Gasteiger partial charge in [-0.3, -0.25) is 24.1 Å². The predicted octanol–water partition coefficient (Wildman–Crippen LogP) is 7.70. The Balaban J connectivity index is 0.741. The molecule has 4 amide bonds. The quantitative estimate of drug-likeness (QED) is 0.150. The number of anilines is 2. The van der Waals surface area contributed by atoms with E-state index >= 15 is 0 Å². The SMILES string of the molecule is COc1cc2c(cc1OC)CN(CCc1ccc(NC(=O)c3ccccc3NC(=O)c3ccc(C(=O)N4CCN(C(=O)CC56CC7CC(CC(C7)C5)C6)CC4)cc3)cc1)CC2. The van der Waals surface area contributed by atoms with Gasteiger partial charge in [-0.15, -0.1) is 0 Å². The summed E-state index contributed by atoms with van der Waals surface area (Å²) in [5.74, 6) is 3.42. The van der Waals surface area contributed by atoms with Gasteiger partial charge in [0.2, 0.25) is 5.91 Å². The molecule has 4 aromatic rings. The topological polar surface area (TPSA) is 121 Å². The second-order valence-corrected chi connectivity index (χ2v) is 18.2. The molecule has 5 fully saturated rings. The molecule has 10 rings (SSSR count). The van der Waals surface area contributed by atoms with Crippen molar-refractivity contribution in [1.82, 2.24) is 14.7 Å². The third kappa shape index (κ3) is 8.89. The van der Waals surface area contributed by atoms with Crippen molar-refractivity contribution in [1.29, 1.82) is 0 Å². The lowest BCUT2D eigenvalue weighted by atomic mass is 9.49. The van der Waals surface area contributed by atoms with Crippen LogP contribution >= 0.6 is 0 Å². The van der Waals surface area contributed by atoms with E-state index in [0.717, 1.165) is 61.7 Å². The molecule has 11 nitrogen and oxygen atoms in total. The van der Waals surface area contributed by atoms with Crippen LogP contribution in [0.5, 0.6) is 11.5 Å². The van der Waals surface area contributed by atoms with Gasteiger partial charge in [-0.2, -0.15) is 0 Å². The minimum absolute atomic E-state index is 0.105. The van der Waals surface area contributed by atoms with E-state index in [0.29, 0.717) is 60.7 Å². The number of hydrogen-bond donors (Lipinski definition) is 2. The highest BCUT2D eigenvalue weighted by Crippen LogP contribution is 2.61. The van der Waals surface area contributed by atoms with Crippen molar-refractivity contribution >= 4 is 35.0 Å². The lowest BCUT2D eigenvalue weighted by Crippen LogP contribution is -2.53. The molecule has 11 heteroatoms. The number of fused-ring (bicyclic) bond motifs is 1. The van der Waals surface area contributed by atoms with Crippen LogP contribution in [-0.2, 0) is 24.2 Å². The van der Waals surface area contributed by atoms with Gasteiger partial charge in [0.1, 0.15) is 0 Å². The Morgan fingerprint density at radius 1 is 0.672 bits per heavy atom. The molecule has 6 aliphatic rings. The first-order valence-electron chi connectivity index (χ1n) is 22.1. The van der Waals surface area contributed by atoms with Gasteiger partial charge in [-0.1, -0.05) is 24.3 Å². The summed E-state index contributed by atoms with van der Waals surface area (Å²) in [6.07, 6.45) is 10.3. The van der Waals surface area contributed by atoms with E-state index in [-0.39, 0.29) is 29.0 Å². The summed E-state index contributed by atoms with van der Waals surface area (Å²) in [5.41, 5.74) is 6.20.